The van der Waals surface area contributed by atoms with Gasteiger partial charge in [0, 0.05) is 29.4 Å². The summed E-state index contributed by atoms with van der Waals surface area (Å²) in [6, 6.07) is 20.5. The Hall–Kier alpha value is -3.35. The molecule has 1 unspecified atom stereocenters. The van der Waals surface area contributed by atoms with E-state index in [2.05, 4.69) is 0 Å². The number of rotatable bonds is 7. The minimum Gasteiger partial charge on any atom is -0.469 e. The lowest BCUT2D eigenvalue weighted by molar-refractivity contribution is -0.140. The van der Waals surface area contributed by atoms with E-state index >= 15 is 0 Å². The number of anilines is 1. The number of hydrogen-bond acceptors (Lipinski definition) is 4. The fourth-order valence-corrected chi connectivity index (χ4v) is 6.12. The third-order valence-corrected chi connectivity index (χ3v) is 7.91. The highest BCUT2D eigenvalue weighted by molar-refractivity contribution is 6.35. The van der Waals surface area contributed by atoms with Gasteiger partial charge in [-0.1, -0.05) is 71.7 Å². The fourth-order valence-electron chi connectivity index (χ4n) is 5.61. The smallest absolute Gasteiger partial charge is 0.332 e. The van der Waals surface area contributed by atoms with Crippen LogP contribution in [0.15, 0.2) is 66.7 Å². The Morgan fingerprint density at radius 3 is 2.39 bits per heavy atom. The largest absolute Gasteiger partial charge is 0.469 e. The molecular formula is C30H28Cl2N2O4. The summed E-state index contributed by atoms with van der Waals surface area (Å²) in [5.41, 5.74) is 3.57. The van der Waals surface area contributed by atoms with Crippen LogP contribution < -0.4 is 4.90 Å². The number of nitrogens with zero attached hydrogens (tertiary/aromatic N) is 2. The first-order chi connectivity index (χ1) is 18.3. The molecule has 196 valence electrons. The van der Waals surface area contributed by atoms with Crippen LogP contribution in [-0.2, 0) is 27.2 Å². The number of halogens is 2. The minimum absolute atomic E-state index is 0.238. The summed E-state index contributed by atoms with van der Waals surface area (Å²) in [6.45, 7) is 0.529. The summed E-state index contributed by atoms with van der Waals surface area (Å²) >= 11 is 12.4. The standard InChI is InChI=1S/C30H28Cl2N2O4/c1-38-27(35)13-12-21-6-2-3-7-26(21)22-10-8-20(9-11-22)19-30-14-4-5-15-33(30)29(37)34(28(30)36)25-17-23(31)16-24(32)18-25/h2-3,6-11,16-18H,4-5,12-15,19H2,1H3. The number of fused-ring (bicyclic) bond motifs is 1. The molecule has 3 aromatic carbocycles. The normalized spacial score (nSPS) is 19.0. The van der Waals surface area contributed by atoms with Gasteiger partial charge in [-0.25, -0.2) is 9.69 Å². The van der Waals surface area contributed by atoms with E-state index in [0.29, 0.717) is 48.0 Å². The van der Waals surface area contributed by atoms with Crippen molar-refractivity contribution in [3.63, 3.8) is 0 Å². The van der Waals surface area contributed by atoms with Crippen LogP contribution in [0.5, 0.6) is 0 Å². The first-order valence-electron chi connectivity index (χ1n) is 12.7. The van der Waals surface area contributed by atoms with Gasteiger partial charge in [-0.3, -0.25) is 9.59 Å². The highest BCUT2D eigenvalue weighted by atomic mass is 35.5. The van der Waals surface area contributed by atoms with E-state index < -0.39 is 5.54 Å². The summed E-state index contributed by atoms with van der Waals surface area (Å²) in [7, 11) is 1.39. The van der Waals surface area contributed by atoms with Crippen molar-refractivity contribution >= 4 is 46.8 Å². The monoisotopic (exact) mass is 550 g/mol. The molecule has 5 rings (SSSR count). The van der Waals surface area contributed by atoms with E-state index in [-0.39, 0.29) is 17.9 Å². The molecule has 2 aliphatic rings. The number of piperidine rings is 1. The molecule has 2 fully saturated rings. The van der Waals surface area contributed by atoms with Crippen molar-refractivity contribution in [2.24, 2.45) is 0 Å². The molecule has 38 heavy (non-hydrogen) atoms. The summed E-state index contributed by atoms with van der Waals surface area (Å²) < 4.78 is 4.79. The number of ether oxygens (including phenoxy) is 1. The fraction of sp³-hybridized carbons (Fsp3) is 0.300. The first kappa shape index (κ1) is 26.3. The molecule has 0 N–H and O–H groups in total. The Morgan fingerprint density at radius 2 is 1.68 bits per heavy atom. The van der Waals surface area contributed by atoms with Crippen LogP contribution in [-0.4, -0.2) is 42.0 Å². The van der Waals surface area contributed by atoms with Crippen molar-refractivity contribution in [1.82, 2.24) is 4.90 Å². The van der Waals surface area contributed by atoms with E-state index in [0.717, 1.165) is 35.1 Å². The summed E-state index contributed by atoms with van der Waals surface area (Å²) in [5, 5.41) is 0.740. The zero-order valence-electron chi connectivity index (χ0n) is 21.1. The van der Waals surface area contributed by atoms with Crippen molar-refractivity contribution in [3.05, 3.63) is 87.9 Å². The number of methoxy groups -OCH3 is 1. The number of carbonyl (C=O) groups is 3. The van der Waals surface area contributed by atoms with Gasteiger partial charge in [0.2, 0.25) is 0 Å². The topological polar surface area (TPSA) is 66.9 Å². The minimum atomic E-state index is -0.940. The molecule has 2 aliphatic heterocycles. The van der Waals surface area contributed by atoms with E-state index in [1.54, 1.807) is 23.1 Å². The maximum atomic E-state index is 13.9. The molecule has 2 heterocycles. The Bertz CT molecular complexity index is 1370. The van der Waals surface area contributed by atoms with Gasteiger partial charge in [0.1, 0.15) is 5.54 Å². The number of carbonyl (C=O) groups excluding carboxylic acids is 3. The van der Waals surface area contributed by atoms with Crippen molar-refractivity contribution in [1.29, 1.82) is 0 Å². The lowest BCUT2D eigenvalue weighted by Gasteiger charge is -2.39. The SMILES string of the molecule is COC(=O)CCc1ccccc1-c1ccc(CC23CCCCN2C(=O)N(c2cc(Cl)cc(Cl)c2)C3=O)cc1. The van der Waals surface area contributed by atoms with Gasteiger partial charge in [-0.05, 0) is 66.1 Å². The predicted molar refractivity (Wildman–Crippen MR) is 149 cm³/mol. The van der Waals surface area contributed by atoms with Gasteiger partial charge in [0.15, 0.2) is 0 Å². The van der Waals surface area contributed by atoms with Gasteiger partial charge >= 0.3 is 12.0 Å². The first-order valence-corrected chi connectivity index (χ1v) is 13.4. The highest BCUT2D eigenvalue weighted by Gasteiger charge is 2.58. The lowest BCUT2D eigenvalue weighted by atomic mass is 9.81. The van der Waals surface area contributed by atoms with Gasteiger partial charge < -0.3 is 9.64 Å². The van der Waals surface area contributed by atoms with Crippen LogP contribution in [0.1, 0.15) is 36.8 Å². The second-order valence-corrected chi connectivity index (χ2v) is 10.7. The zero-order valence-corrected chi connectivity index (χ0v) is 22.6. The van der Waals surface area contributed by atoms with Crippen LogP contribution in [0.25, 0.3) is 11.1 Å². The van der Waals surface area contributed by atoms with Crippen LogP contribution in [0.4, 0.5) is 10.5 Å². The van der Waals surface area contributed by atoms with Crippen LogP contribution in [0, 0.1) is 0 Å². The van der Waals surface area contributed by atoms with Gasteiger partial charge in [-0.15, -0.1) is 0 Å². The lowest BCUT2D eigenvalue weighted by Crippen LogP contribution is -2.54. The Labute approximate surface area is 232 Å². The zero-order chi connectivity index (χ0) is 26.9. The molecular weight excluding hydrogens is 523 g/mol. The van der Waals surface area contributed by atoms with Crippen molar-refractivity contribution in [2.75, 3.05) is 18.6 Å². The quantitative estimate of drug-likeness (QED) is 0.242. The summed E-state index contributed by atoms with van der Waals surface area (Å²) in [4.78, 5) is 42.0. The molecule has 0 bridgehead atoms. The Kier molecular flexibility index (Phi) is 7.46. The van der Waals surface area contributed by atoms with Gasteiger partial charge in [0.05, 0.1) is 12.8 Å². The third-order valence-electron chi connectivity index (χ3n) is 7.47. The third kappa shape index (κ3) is 4.91. The van der Waals surface area contributed by atoms with Crippen molar-refractivity contribution < 1.29 is 19.1 Å². The van der Waals surface area contributed by atoms with E-state index in [1.165, 1.54) is 12.0 Å². The van der Waals surface area contributed by atoms with Crippen molar-refractivity contribution in [3.8, 4) is 11.1 Å². The number of hydrogen-bond donors (Lipinski definition) is 0. The Morgan fingerprint density at radius 1 is 0.974 bits per heavy atom. The molecule has 0 radical (unpaired) electrons. The average Bonchev–Trinajstić information content (AvgIpc) is 3.13. The number of benzene rings is 3. The molecule has 0 saturated carbocycles. The second-order valence-electron chi connectivity index (χ2n) is 9.80. The summed E-state index contributed by atoms with van der Waals surface area (Å²) in [6.07, 6.45) is 3.64. The molecule has 0 spiro atoms. The van der Waals surface area contributed by atoms with E-state index in [1.807, 2.05) is 48.5 Å². The summed E-state index contributed by atoms with van der Waals surface area (Å²) in [5.74, 6) is -0.478. The number of urea groups is 1. The van der Waals surface area contributed by atoms with Crippen LogP contribution >= 0.6 is 23.2 Å². The molecule has 8 heteroatoms. The van der Waals surface area contributed by atoms with Crippen molar-refractivity contribution in [2.45, 2.75) is 44.1 Å². The average molecular weight is 551 g/mol. The molecule has 0 aromatic heterocycles. The number of esters is 1. The maximum Gasteiger partial charge on any atom is 0.332 e. The van der Waals surface area contributed by atoms with E-state index in [4.69, 9.17) is 27.9 Å². The maximum absolute atomic E-state index is 13.9. The molecule has 1 atom stereocenters. The van der Waals surface area contributed by atoms with E-state index in [9.17, 15) is 14.4 Å². The molecule has 2 saturated heterocycles. The predicted octanol–water partition coefficient (Wildman–Crippen LogP) is 6.70. The number of imide groups is 1. The molecule has 6 nitrogen and oxygen atoms in total. The Balaban J connectivity index is 1.42. The number of aryl methyl sites for hydroxylation is 1. The van der Waals surface area contributed by atoms with Crippen LogP contribution in [0.2, 0.25) is 10.0 Å². The molecule has 0 aliphatic carbocycles. The number of amides is 3. The highest BCUT2D eigenvalue weighted by Crippen LogP contribution is 2.42. The van der Waals surface area contributed by atoms with Gasteiger partial charge in [0.25, 0.3) is 5.91 Å². The van der Waals surface area contributed by atoms with Gasteiger partial charge in [-0.2, -0.15) is 0 Å². The molecule has 3 amide bonds. The molecule has 3 aromatic rings. The van der Waals surface area contributed by atoms with Crippen LogP contribution in [0.3, 0.4) is 0 Å². The second kappa shape index (κ2) is 10.8.